The number of fused-ring (bicyclic) bond motifs is 1. The van der Waals surface area contributed by atoms with Gasteiger partial charge in [0.15, 0.2) is 0 Å². The van der Waals surface area contributed by atoms with Gasteiger partial charge in [0.05, 0.1) is 43.5 Å². The van der Waals surface area contributed by atoms with E-state index < -0.39 is 11.4 Å². The molecule has 15 heteroatoms. The van der Waals surface area contributed by atoms with Crippen LogP contribution in [-0.4, -0.2) is 79.7 Å². The number of nitrogens with zero attached hydrogens (tertiary/aromatic N) is 7. The summed E-state index contributed by atoms with van der Waals surface area (Å²) in [5.74, 6) is 0.929. The second-order valence-electron chi connectivity index (χ2n) is 11.7. The highest BCUT2D eigenvalue weighted by molar-refractivity contribution is 5.95. The molecule has 0 bridgehead atoms. The predicted octanol–water partition coefficient (Wildman–Crippen LogP) is 5.72. The molecule has 5 aromatic rings. The van der Waals surface area contributed by atoms with Crippen LogP contribution in [0.25, 0.3) is 16.6 Å². The molecule has 47 heavy (non-hydrogen) atoms. The minimum Gasteiger partial charge on any atom is -0.495 e. The lowest BCUT2D eigenvalue weighted by Gasteiger charge is -2.24. The molecule has 0 unspecified atom stereocenters. The van der Waals surface area contributed by atoms with Gasteiger partial charge < -0.3 is 34.5 Å². The topological polar surface area (TPSA) is 151 Å². The molecular formula is C32H34FN9O5. The number of halogens is 1. The minimum atomic E-state index is -0.570. The molecule has 2 N–H and O–H groups in total. The number of rotatable bonds is 9. The molecule has 2 aromatic carbocycles. The summed E-state index contributed by atoms with van der Waals surface area (Å²) in [6.45, 7) is 6.57. The average Bonchev–Trinajstić information content (AvgIpc) is 3.72. The maximum atomic E-state index is 15.3. The Kier molecular flexibility index (Phi) is 8.61. The summed E-state index contributed by atoms with van der Waals surface area (Å²) in [6, 6.07) is 9.93. The molecule has 1 saturated heterocycles. The number of amides is 1. The molecule has 1 fully saturated rings. The fraction of sp³-hybridized carbons (Fsp3) is 0.312. The van der Waals surface area contributed by atoms with Crippen molar-refractivity contribution in [1.29, 1.82) is 0 Å². The van der Waals surface area contributed by atoms with E-state index in [1.165, 1.54) is 24.2 Å². The second kappa shape index (κ2) is 12.9. The zero-order valence-corrected chi connectivity index (χ0v) is 26.5. The van der Waals surface area contributed by atoms with Gasteiger partial charge in [0.25, 0.3) is 0 Å². The van der Waals surface area contributed by atoms with E-state index in [0.717, 1.165) is 6.42 Å². The molecule has 1 aliphatic heterocycles. The van der Waals surface area contributed by atoms with E-state index in [2.05, 4.69) is 35.7 Å². The fourth-order valence-electron chi connectivity index (χ4n) is 5.00. The predicted molar refractivity (Wildman–Crippen MR) is 171 cm³/mol. The maximum absolute atomic E-state index is 15.3. The van der Waals surface area contributed by atoms with Gasteiger partial charge in [-0.25, -0.2) is 33.8 Å². The number of benzene rings is 2. The highest BCUT2D eigenvalue weighted by Crippen LogP contribution is 2.35. The minimum absolute atomic E-state index is 0.0316. The first kappa shape index (κ1) is 31.3. The fourth-order valence-corrected chi connectivity index (χ4v) is 5.00. The van der Waals surface area contributed by atoms with E-state index >= 15 is 4.39 Å². The van der Waals surface area contributed by atoms with Crippen LogP contribution in [0, 0.1) is 5.82 Å². The zero-order chi connectivity index (χ0) is 33.1. The molecule has 0 saturated carbocycles. The van der Waals surface area contributed by atoms with Crippen molar-refractivity contribution in [3.63, 3.8) is 0 Å². The SMILES string of the molecule is COc1ncc(-n2ccc(Oc3ccc(Nc4ncnc5cc(OC)c(N[C@H]6CCN(C(=O)OC(C)(C)C)C6)cc45)c(F)c3)n2)cn1. The van der Waals surface area contributed by atoms with Crippen molar-refractivity contribution in [1.82, 2.24) is 34.6 Å². The quantitative estimate of drug-likeness (QED) is 0.202. The van der Waals surface area contributed by atoms with Crippen molar-refractivity contribution in [3.8, 4) is 29.1 Å². The Morgan fingerprint density at radius 2 is 1.81 bits per heavy atom. The molecule has 244 valence electrons. The normalized spacial score (nSPS) is 14.6. The number of aromatic nitrogens is 6. The number of hydrogen-bond donors (Lipinski definition) is 2. The number of likely N-dealkylation sites (tertiary alicyclic amines) is 1. The molecule has 1 atom stereocenters. The number of anilines is 3. The van der Waals surface area contributed by atoms with E-state index in [1.807, 2.05) is 26.8 Å². The number of carbonyl (C=O) groups excluding carboxylic acids is 1. The van der Waals surface area contributed by atoms with Gasteiger partial charge in [-0.1, -0.05) is 0 Å². The largest absolute Gasteiger partial charge is 0.495 e. The molecular weight excluding hydrogens is 609 g/mol. The molecule has 6 rings (SSSR count). The zero-order valence-electron chi connectivity index (χ0n) is 26.5. The van der Waals surface area contributed by atoms with Crippen LogP contribution in [0.5, 0.6) is 23.4 Å². The lowest BCUT2D eigenvalue weighted by molar-refractivity contribution is 0.0293. The van der Waals surface area contributed by atoms with Crippen LogP contribution < -0.4 is 24.8 Å². The van der Waals surface area contributed by atoms with E-state index in [-0.39, 0.29) is 35.5 Å². The maximum Gasteiger partial charge on any atom is 0.410 e. The van der Waals surface area contributed by atoms with Crippen LogP contribution in [0.1, 0.15) is 27.2 Å². The Bertz CT molecular complexity index is 1900. The van der Waals surface area contributed by atoms with E-state index in [4.69, 9.17) is 18.9 Å². The summed E-state index contributed by atoms with van der Waals surface area (Å²) in [4.78, 5) is 31.2. The van der Waals surface area contributed by atoms with Gasteiger partial charge in [0.1, 0.15) is 40.7 Å². The molecule has 4 heterocycles. The van der Waals surface area contributed by atoms with Crippen LogP contribution in [0.15, 0.2) is 61.3 Å². The summed E-state index contributed by atoms with van der Waals surface area (Å²) in [5.41, 5.74) is 1.51. The molecule has 0 radical (unpaired) electrons. The molecule has 1 aliphatic rings. The summed E-state index contributed by atoms with van der Waals surface area (Å²) in [6.07, 6.45) is 6.57. The van der Waals surface area contributed by atoms with Crippen molar-refractivity contribution < 1.29 is 28.1 Å². The first-order valence-electron chi connectivity index (χ1n) is 14.8. The van der Waals surface area contributed by atoms with Crippen molar-refractivity contribution in [3.05, 3.63) is 67.1 Å². The van der Waals surface area contributed by atoms with Gasteiger partial charge in [0, 0.05) is 48.9 Å². The number of ether oxygens (including phenoxy) is 4. The lowest BCUT2D eigenvalue weighted by Crippen LogP contribution is -2.36. The third-order valence-corrected chi connectivity index (χ3v) is 7.20. The number of hydrogen-bond acceptors (Lipinski definition) is 12. The van der Waals surface area contributed by atoms with Gasteiger partial charge in [0.2, 0.25) is 5.88 Å². The Morgan fingerprint density at radius 3 is 2.53 bits per heavy atom. The number of methoxy groups -OCH3 is 2. The summed E-state index contributed by atoms with van der Waals surface area (Å²) < 4.78 is 38.8. The van der Waals surface area contributed by atoms with Crippen molar-refractivity contribution in [2.75, 3.05) is 37.9 Å². The molecule has 3 aromatic heterocycles. The number of nitrogens with one attached hydrogen (secondary N) is 2. The highest BCUT2D eigenvalue weighted by atomic mass is 19.1. The van der Waals surface area contributed by atoms with Crippen LogP contribution in [0.2, 0.25) is 0 Å². The molecule has 1 amide bonds. The molecule has 0 spiro atoms. The highest BCUT2D eigenvalue weighted by Gasteiger charge is 2.30. The van der Waals surface area contributed by atoms with Gasteiger partial charge in [-0.2, -0.15) is 0 Å². The van der Waals surface area contributed by atoms with E-state index in [1.54, 1.807) is 54.9 Å². The molecule has 14 nitrogen and oxygen atoms in total. The first-order valence-corrected chi connectivity index (χ1v) is 14.8. The Balaban J connectivity index is 1.17. The van der Waals surface area contributed by atoms with Gasteiger partial charge in [-0.15, -0.1) is 5.10 Å². The summed E-state index contributed by atoms with van der Waals surface area (Å²) in [7, 11) is 3.06. The Labute approximate surface area is 269 Å². The van der Waals surface area contributed by atoms with Crippen LogP contribution in [0.3, 0.4) is 0 Å². The van der Waals surface area contributed by atoms with Crippen LogP contribution >= 0.6 is 0 Å². The van der Waals surface area contributed by atoms with Gasteiger partial charge >= 0.3 is 12.1 Å². The Morgan fingerprint density at radius 1 is 1.00 bits per heavy atom. The van der Waals surface area contributed by atoms with Crippen molar-refractivity contribution >= 4 is 34.2 Å². The van der Waals surface area contributed by atoms with Crippen molar-refractivity contribution in [2.45, 2.75) is 38.8 Å². The second-order valence-corrected chi connectivity index (χ2v) is 11.7. The number of carbonyl (C=O) groups is 1. The van der Waals surface area contributed by atoms with Crippen LogP contribution in [-0.2, 0) is 4.74 Å². The lowest BCUT2D eigenvalue weighted by atomic mass is 10.1. The average molecular weight is 644 g/mol. The monoisotopic (exact) mass is 643 g/mol. The van der Waals surface area contributed by atoms with Crippen LogP contribution in [0.4, 0.5) is 26.4 Å². The smallest absolute Gasteiger partial charge is 0.410 e. The van der Waals surface area contributed by atoms with Gasteiger partial charge in [-0.05, 0) is 45.4 Å². The van der Waals surface area contributed by atoms with E-state index in [0.29, 0.717) is 46.9 Å². The third kappa shape index (κ3) is 7.24. The third-order valence-electron chi connectivity index (χ3n) is 7.20. The summed E-state index contributed by atoms with van der Waals surface area (Å²) >= 11 is 0. The Hall–Kier alpha value is -5.73. The van der Waals surface area contributed by atoms with E-state index in [9.17, 15) is 4.79 Å². The molecule has 0 aliphatic carbocycles. The standard InChI is InChI=1S/C32H34FN9O5/c1-32(2,3)47-31(43)41-10-8-19(17-41)38-26-13-22-25(14-27(26)44-4)36-18-37-29(22)39-24-7-6-21(12-23(24)33)46-28-9-11-42(40-28)20-15-34-30(45-5)35-16-20/h6-7,9,11-16,18-19,38H,8,10,17H2,1-5H3,(H,36,37,39)/t19-/m0/s1. The van der Waals surface area contributed by atoms with Crippen molar-refractivity contribution in [2.24, 2.45) is 0 Å². The summed E-state index contributed by atoms with van der Waals surface area (Å²) in [5, 5.41) is 11.6. The first-order chi connectivity index (χ1) is 22.6. The van der Waals surface area contributed by atoms with Gasteiger partial charge in [-0.3, -0.25) is 0 Å².